The molecule has 3 rings (SSSR count). The summed E-state index contributed by atoms with van der Waals surface area (Å²) in [4.78, 5) is 11.8. The van der Waals surface area contributed by atoms with Crippen LogP contribution in [0.4, 0.5) is 0 Å². The number of H-pyrrole nitrogens is 1. The minimum atomic E-state index is -0.404. The topological polar surface area (TPSA) is 93.0 Å². The van der Waals surface area contributed by atoms with E-state index in [1.165, 1.54) is 4.68 Å². The van der Waals surface area contributed by atoms with Crippen molar-refractivity contribution in [3.63, 3.8) is 0 Å². The van der Waals surface area contributed by atoms with Gasteiger partial charge in [0.2, 0.25) is 0 Å². The van der Waals surface area contributed by atoms with Gasteiger partial charge in [0, 0.05) is 5.56 Å². The van der Waals surface area contributed by atoms with E-state index in [1.807, 2.05) is 32.9 Å². The second kappa shape index (κ2) is 6.19. The summed E-state index contributed by atoms with van der Waals surface area (Å²) in [5, 5.41) is 19.4. The number of nitrogens with zero attached hydrogens (tertiary/aromatic N) is 3. The van der Waals surface area contributed by atoms with Gasteiger partial charge >= 0.3 is 5.69 Å². The van der Waals surface area contributed by atoms with Crippen molar-refractivity contribution in [2.24, 2.45) is 0 Å². The van der Waals surface area contributed by atoms with Crippen molar-refractivity contribution < 1.29 is 9.84 Å². The van der Waals surface area contributed by atoms with Gasteiger partial charge in [0.25, 0.3) is 0 Å². The molecule has 124 valence electrons. The van der Waals surface area contributed by atoms with Crippen molar-refractivity contribution in [1.82, 2.24) is 20.2 Å². The van der Waals surface area contributed by atoms with Crippen LogP contribution in [0, 0.1) is 20.8 Å². The van der Waals surface area contributed by atoms with Gasteiger partial charge in [-0.05, 0) is 66.1 Å². The number of aromatic amines is 1. The van der Waals surface area contributed by atoms with E-state index in [1.54, 1.807) is 18.2 Å². The first kappa shape index (κ1) is 15.8. The van der Waals surface area contributed by atoms with Crippen molar-refractivity contribution in [3.05, 3.63) is 63.1 Å². The molecule has 3 aromatic rings. The van der Waals surface area contributed by atoms with Crippen LogP contribution in [-0.2, 0) is 6.61 Å². The number of hydrogen-bond donors (Lipinski definition) is 2. The fraction of sp³-hybridized carbons (Fsp3) is 0.235. The van der Waals surface area contributed by atoms with E-state index in [4.69, 9.17) is 4.74 Å². The molecule has 0 radical (unpaired) electrons. The van der Waals surface area contributed by atoms with Crippen molar-refractivity contribution in [2.45, 2.75) is 27.4 Å². The van der Waals surface area contributed by atoms with E-state index in [2.05, 4.69) is 15.5 Å². The number of aromatic nitrogens is 4. The molecule has 1 heterocycles. The van der Waals surface area contributed by atoms with Crippen LogP contribution in [0.1, 0.15) is 22.3 Å². The number of benzene rings is 2. The number of aromatic hydroxyl groups is 1. The van der Waals surface area contributed by atoms with Crippen LogP contribution >= 0.6 is 0 Å². The molecule has 2 aromatic carbocycles. The SMILES string of the molecule is Cc1cc(OCc2c(C)cccc2-n2nn[nH]c2=O)c(C)cc1O. The number of rotatable bonds is 4. The molecular weight excluding hydrogens is 308 g/mol. The van der Waals surface area contributed by atoms with Crippen LogP contribution in [0.25, 0.3) is 5.69 Å². The second-order valence-corrected chi connectivity index (χ2v) is 5.68. The Morgan fingerprint density at radius 1 is 1.17 bits per heavy atom. The van der Waals surface area contributed by atoms with Gasteiger partial charge < -0.3 is 9.84 Å². The fourth-order valence-corrected chi connectivity index (χ4v) is 2.51. The molecule has 7 nitrogen and oxygen atoms in total. The number of aryl methyl sites for hydroxylation is 3. The maximum absolute atomic E-state index is 11.8. The van der Waals surface area contributed by atoms with Gasteiger partial charge in [0.1, 0.15) is 18.1 Å². The summed E-state index contributed by atoms with van der Waals surface area (Å²) in [5.41, 5.74) is 3.63. The highest BCUT2D eigenvalue weighted by molar-refractivity contribution is 5.47. The molecule has 2 N–H and O–H groups in total. The quantitative estimate of drug-likeness (QED) is 0.766. The van der Waals surface area contributed by atoms with E-state index < -0.39 is 5.69 Å². The van der Waals surface area contributed by atoms with Crippen molar-refractivity contribution in [3.8, 4) is 17.2 Å². The molecule has 0 aliphatic carbocycles. The molecule has 0 saturated carbocycles. The number of phenolic OH excluding ortho intramolecular Hbond substituents is 1. The van der Waals surface area contributed by atoms with Crippen LogP contribution in [0.5, 0.6) is 11.5 Å². The third kappa shape index (κ3) is 2.88. The van der Waals surface area contributed by atoms with Gasteiger partial charge in [-0.25, -0.2) is 9.89 Å². The average molecular weight is 326 g/mol. The van der Waals surface area contributed by atoms with E-state index in [0.29, 0.717) is 11.4 Å². The molecule has 0 saturated heterocycles. The molecule has 0 aliphatic rings. The summed E-state index contributed by atoms with van der Waals surface area (Å²) in [6.07, 6.45) is 0. The summed E-state index contributed by atoms with van der Waals surface area (Å²) in [5.74, 6) is 0.928. The monoisotopic (exact) mass is 326 g/mol. The zero-order valence-corrected chi connectivity index (χ0v) is 13.7. The summed E-state index contributed by atoms with van der Waals surface area (Å²) in [7, 11) is 0. The van der Waals surface area contributed by atoms with Crippen LogP contribution < -0.4 is 10.4 Å². The molecule has 0 unspecified atom stereocenters. The minimum Gasteiger partial charge on any atom is -0.508 e. The number of phenols is 1. The summed E-state index contributed by atoms with van der Waals surface area (Å²) in [6, 6.07) is 9.06. The molecule has 0 aliphatic heterocycles. The smallest absolute Gasteiger partial charge is 0.365 e. The van der Waals surface area contributed by atoms with Crippen LogP contribution in [0.15, 0.2) is 35.1 Å². The lowest BCUT2D eigenvalue weighted by Gasteiger charge is -2.15. The Bertz CT molecular complexity index is 943. The number of hydrogen-bond acceptors (Lipinski definition) is 5. The zero-order valence-electron chi connectivity index (χ0n) is 13.7. The van der Waals surface area contributed by atoms with Gasteiger partial charge in [0.05, 0.1) is 5.69 Å². The predicted octanol–water partition coefficient (Wildman–Crippen LogP) is 2.17. The van der Waals surface area contributed by atoms with Crippen molar-refractivity contribution in [2.75, 3.05) is 0 Å². The first-order valence-electron chi connectivity index (χ1n) is 7.49. The summed E-state index contributed by atoms with van der Waals surface area (Å²) >= 11 is 0. The van der Waals surface area contributed by atoms with Gasteiger partial charge in [-0.2, -0.15) is 4.68 Å². The molecule has 0 atom stereocenters. The van der Waals surface area contributed by atoms with E-state index >= 15 is 0 Å². The largest absolute Gasteiger partial charge is 0.508 e. The Balaban J connectivity index is 1.95. The number of tetrazole rings is 1. The summed E-state index contributed by atoms with van der Waals surface area (Å²) in [6.45, 7) is 5.90. The average Bonchev–Trinajstić information content (AvgIpc) is 2.96. The van der Waals surface area contributed by atoms with Crippen molar-refractivity contribution in [1.29, 1.82) is 0 Å². The molecule has 0 amide bonds. The highest BCUT2D eigenvalue weighted by Crippen LogP contribution is 2.28. The first-order chi connectivity index (χ1) is 11.5. The zero-order chi connectivity index (χ0) is 17.3. The van der Waals surface area contributed by atoms with E-state index in [0.717, 1.165) is 22.3 Å². The number of nitrogens with one attached hydrogen (secondary N) is 1. The van der Waals surface area contributed by atoms with Gasteiger partial charge in [-0.1, -0.05) is 12.1 Å². The Hall–Kier alpha value is -3.09. The van der Waals surface area contributed by atoms with E-state index in [-0.39, 0.29) is 12.4 Å². The molecule has 7 heteroatoms. The van der Waals surface area contributed by atoms with Gasteiger partial charge in [-0.15, -0.1) is 0 Å². The van der Waals surface area contributed by atoms with Crippen LogP contribution in [0.3, 0.4) is 0 Å². The van der Waals surface area contributed by atoms with Gasteiger partial charge in [0.15, 0.2) is 0 Å². The van der Waals surface area contributed by atoms with Crippen LogP contribution in [0.2, 0.25) is 0 Å². The maximum Gasteiger partial charge on any atom is 0.365 e. The third-order valence-electron chi connectivity index (χ3n) is 3.95. The van der Waals surface area contributed by atoms with Gasteiger partial charge in [-0.3, -0.25) is 0 Å². The summed E-state index contributed by atoms with van der Waals surface area (Å²) < 4.78 is 7.14. The molecule has 24 heavy (non-hydrogen) atoms. The van der Waals surface area contributed by atoms with Crippen molar-refractivity contribution >= 4 is 0 Å². The lowest BCUT2D eigenvalue weighted by atomic mass is 10.1. The lowest BCUT2D eigenvalue weighted by molar-refractivity contribution is 0.301. The normalized spacial score (nSPS) is 10.8. The molecule has 0 bridgehead atoms. The molecule has 0 fully saturated rings. The highest BCUT2D eigenvalue weighted by atomic mass is 16.5. The second-order valence-electron chi connectivity index (χ2n) is 5.68. The highest BCUT2D eigenvalue weighted by Gasteiger charge is 2.13. The third-order valence-corrected chi connectivity index (χ3v) is 3.95. The standard InChI is InChI=1S/C17H18N4O3/c1-10-5-4-6-14(21-17(23)18-19-20-21)13(10)9-24-16-8-11(2)15(22)7-12(16)3/h4-8,22H,9H2,1-3H3,(H,18,20,23). The molecular formula is C17H18N4O3. The Labute approximate surface area is 138 Å². The lowest BCUT2D eigenvalue weighted by Crippen LogP contribution is -2.18. The molecule has 0 spiro atoms. The van der Waals surface area contributed by atoms with E-state index in [9.17, 15) is 9.90 Å². The predicted molar refractivity (Wildman–Crippen MR) is 88.6 cm³/mol. The number of ether oxygens (including phenoxy) is 1. The minimum absolute atomic E-state index is 0.241. The maximum atomic E-state index is 11.8. The Morgan fingerprint density at radius 3 is 2.67 bits per heavy atom. The fourth-order valence-electron chi connectivity index (χ4n) is 2.51. The molecule has 1 aromatic heterocycles. The Kier molecular flexibility index (Phi) is 4.07. The van der Waals surface area contributed by atoms with Crippen LogP contribution in [-0.4, -0.2) is 25.3 Å². The Morgan fingerprint density at radius 2 is 1.96 bits per heavy atom. The first-order valence-corrected chi connectivity index (χ1v) is 7.49.